The lowest BCUT2D eigenvalue weighted by Crippen LogP contribution is -2.50. The van der Waals surface area contributed by atoms with Crippen molar-refractivity contribution in [1.29, 1.82) is 0 Å². The smallest absolute Gasteiger partial charge is 0.282 e. The van der Waals surface area contributed by atoms with Gasteiger partial charge in [-0.15, -0.1) is 11.3 Å². The van der Waals surface area contributed by atoms with Gasteiger partial charge in [0.1, 0.15) is 11.1 Å². The summed E-state index contributed by atoms with van der Waals surface area (Å²) in [5, 5.41) is 1.84. The minimum Gasteiger partial charge on any atom is -0.373 e. The molecule has 0 saturated carbocycles. The summed E-state index contributed by atoms with van der Waals surface area (Å²) in [4.78, 5) is 23.4. The molecule has 9 nitrogen and oxygen atoms in total. The van der Waals surface area contributed by atoms with Crippen LogP contribution in [0.25, 0.3) is 10.9 Å². The molecule has 0 bridgehead atoms. The minimum absolute atomic E-state index is 0.0269. The van der Waals surface area contributed by atoms with Crippen LogP contribution >= 0.6 is 22.9 Å². The highest BCUT2D eigenvalue weighted by molar-refractivity contribution is 7.89. The van der Waals surface area contributed by atoms with E-state index in [1.54, 1.807) is 29.2 Å². The first-order valence-corrected chi connectivity index (χ1v) is 13.8. The molecule has 2 aliphatic heterocycles. The summed E-state index contributed by atoms with van der Waals surface area (Å²) in [6, 6.07) is 6.79. The Bertz CT molecular complexity index is 1360. The molecule has 1 aliphatic carbocycles. The van der Waals surface area contributed by atoms with Gasteiger partial charge < -0.3 is 19.4 Å². The Kier molecular flexibility index (Phi) is 5.66. The molecule has 2 atom stereocenters. The number of nitrogens with zero attached hydrogens (tertiary/aromatic N) is 3. The number of amides is 1. The number of aromatic amines is 1. The number of sulfonamides is 1. The Morgan fingerprint density at radius 2 is 1.94 bits per heavy atom. The van der Waals surface area contributed by atoms with Gasteiger partial charge in [-0.25, -0.2) is 13.4 Å². The normalized spacial score (nSPS) is 23.6. The van der Waals surface area contributed by atoms with Crippen LogP contribution in [0.4, 0.5) is 0 Å². The number of hydrogen-bond donors (Lipinski definition) is 1. The third-order valence-corrected chi connectivity index (χ3v) is 9.79. The summed E-state index contributed by atoms with van der Waals surface area (Å²) in [7, 11) is -3.71. The van der Waals surface area contributed by atoms with E-state index in [2.05, 4.69) is 9.97 Å². The Balaban J connectivity index is 1.15. The van der Waals surface area contributed by atoms with Crippen molar-refractivity contribution in [3.05, 3.63) is 44.9 Å². The first kappa shape index (κ1) is 22.4. The van der Waals surface area contributed by atoms with Crippen molar-refractivity contribution in [3.8, 4) is 0 Å². The third kappa shape index (κ3) is 3.84. The van der Waals surface area contributed by atoms with Gasteiger partial charge in [0.05, 0.1) is 29.9 Å². The topological polar surface area (TPSA) is 105 Å². The lowest BCUT2D eigenvalue weighted by Gasteiger charge is -2.34. The number of fused-ring (bicyclic) bond motifs is 4. The summed E-state index contributed by atoms with van der Waals surface area (Å²) in [6.07, 6.45) is 1.49. The van der Waals surface area contributed by atoms with E-state index < -0.39 is 10.0 Å². The second-order valence-corrected chi connectivity index (χ2v) is 12.0. The summed E-state index contributed by atoms with van der Waals surface area (Å²) in [5.74, 6) is -0.162. The summed E-state index contributed by atoms with van der Waals surface area (Å²) in [6.45, 7) is 2.19. The fourth-order valence-electron chi connectivity index (χ4n) is 4.81. The molecular formula is C22H23ClN4O5S2. The van der Waals surface area contributed by atoms with Crippen LogP contribution < -0.4 is 0 Å². The van der Waals surface area contributed by atoms with E-state index in [4.69, 9.17) is 21.1 Å². The van der Waals surface area contributed by atoms with Crippen molar-refractivity contribution in [2.45, 2.75) is 30.1 Å². The van der Waals surface area contributed by atoms with Crippen LogP contribution in [0.15, 0.2) is 29.3 Å². The number of piperazine rings is 1. The van der Waals surface area contributed by atoms with Gasteiger partial charge in [-0.2, -0.15) is 4.31 Å². The van der Waals surface area contributed by atoms with Crippen LogP contribution in [0.2, 0.25) is 5.02 Å². The lowest BCUT2D eigenvalue weighted by atomic mass is 9.96. The van der Waals surface area contributed by atoms with E-state index in [1.165, 1.54) is 15.6 Å². The molecule has 4 heterocycles. The molecule has 0 spiro atoms. The maximum atomic E-state index is 13.2. The Labute approximate surface area is 205 Å². The number of carbonyl (C=O) groups is 1. The number of carbonyl (C=O) groups excluding carboxylic acids is 1. The molecule has 1 amide bonds. The predicted octanol–water partition coefficient (Wildman–Crippen LogP) is 2.83. The third-order valence-electron chi connectivity index (χ3n) is 6.59. The minimum atomic E-state index is -3.71. The maximum Gasteiger partial charge on any atom is 0.282 e. The average Bonchev–Trinajstić information content (AvgIpc) is 3.48. The zero-order valence-electron chi connectivity index (χ0n) is 18.2. The van der Waals surface area contributed by atoms with Crippen molar-refractivity contribution >= 4 is 49.8 Å². The zero-order valence-corrected chi connectivity index (χ0v) is 20.6. The van der Waals surface area contributed by atoms with Gasteiger partial charge in [-0.1, -0.05) is 11.6 Å². The van der Waals surface area contributed by atoms with Crippen LogP contribution in [0, 0.1) is 0 Å². The SMILES string of the molecule is O=C(c1nc2c(s1)C1OCCOC1CC2)N1CCN(S(=O)(=O)c2cc3cc(Cl)ccc3[nH]2)CC1. The first-order valence-electron chi connectivity index (χ1n) is 11.2. The number of aryl methyl sites for hydroxylation is 1. The Hall–Kier alpha value is -2.02. The number of halogens is 1. The van der Waals surface area contributed by atoms with E-state index >= 15 is 0 Å². The Morgan fingerprint density at radius 3 is 2.76 bits per heavy atom. The van der Waals surface area contributed by atoms with Gasteiger partial charge in [0.25, 0.3) is 15.9 Å². The van der Waals surface area contributed by atoms with E-state index in [0.717, 1.165) is 28.8 Å². The number of ether oxygens (including phenoxy) is 2. The standard InChI is InChI=1S/C22H23ClN4O5S2/c23-14-1-2-15-13(11-14)12-18(24-15)34(29,30)27-7-5-26(6-8-27)22(28)21-25-16-3-4-17-19(20(16)33-21)32-10-9-31-17/h1-2,11-12,17,19,24H,3-10H2. The van der Waals surface area contributed by atoms with Crippen LogP contribution in [0.1, 0.15) is 32.9 Å². The highest BCUT2D eigenvalue weighted by Crippen LogP contribution is 2.40. The number of hydrogen-bond acceptors (Lipinski definition) is 7. The van der Waals surface area contributed by atoms with Crippen molar-refractivity contribution in [3.63, 3.8) is 0 Å². The zero-order chi connectivity index (χ0) is 23.4. The van der Waals surface area contributed by atoms with Gasteiger partial charge >= 0.3 is 0 Å². The number of rotatable bonds is 3. The molecule has 3 aromatic rings. The summed E-state index contributed by atoms with van der Waals surface area (Å²) >= 11 is 7.40. The first-order chi connectivity index (χ1) is 16.4. The summed E-state index contributed by atoms with van der Waals surface area (Å²) in [5.41, 5.74) is 1.62. The van der Waals surface area contributed by atoms with E-state index in [-0.39, 0.29) is 36.2 Å². The fourth-order valence-corrected chi connectivity index (χ4v) is 7.61. The number of H-pyrrole nitrogens is 1. The molecule has 6 rings (SSSR count). The van der Waals surface area contributed by atoms with E-state index in [0.29, 0.717) is 41.9 Å². The quantitative estimate of drug-likeness (QED) is 0.567. The molecule has 2 unspecified atom stereocenters. The molecule has 34 heavy (non-hydrogen) atoms. The average molecular weight is 523 g/mol. The van der Waals surface area contributed by atoms with Crippen molar-refractivity contribution in [1.82, 2.24) is 19.2 Å². The van der Waals surface area contributed by atoms with Crippen LogP contribution in [-0.2, 0) is 25.9 Å². The van der Waals surface area contributed by atoms with Crippen molar-refractivity contribution in [2.24, 2.45) is 0 Å². The van der Waals surface area contributed by atoms with Gasteiger partial charge in [0.15, 0.2) is 5.01 Å². The molecule has 2 saturated heterocycles. The highest BCUT2D eigenvalue weighted by Gasteiger charge is 2.38. The van der Waals surface area contributed by atoms with Gasteiger partial charge in [0.2, 0.25) is 0 Å². The molecule has 1 N–H and O–H groups in total. The largest absolute Gasteiger partial charge is 0.373 e. The lowest BCUT2D eigenvalue weighted by molar-refractivity contribution is -0.147. The van der Waals surface area contributed by atoms with Crippen LogP contribution in [0.5, 0.6) is 0 Å². The fraction of sp³-hybridized carbons (Fsp3) is 0.455. The second-order valence-electron chi connectivity index (χ2n) is 8.63. The molecule has 2 fully saturated rings. The number of nitrogens with one attached hydrogen (secondary N) is 1. The van der Waals surface area contributed by atoms with Gasteiger partial charge in [-0.3, -0.25) is 4.79 Å². The number of aromatic nitrogens is 2. The molecule has 180 valence electrons. The second kappa shape index (κ2) is 8.58. The molecule has 12 heteroatoms. The molecule has 0 radical (unpaired) electrons. The summed E-state index contributed by atoms with van der Waals surface area (Å²) < 4.78 is 39.5. The number of thiazole rings is 1. The maximum absolute atomic E-state index is 13.2. The van der Waals surface area contributed by atoms with Crippen molar-refractivity contribution < 1.29 is 22.7 Å². The van der Waals surface area contributed by atoms with E-state index in [9.17, 15) is 13.2 Å². The van der Waals surface area contributed by atoms with Crippen LogP contribution in [0.3, 0.4) is 0 Å². The molecular weight excluding hydrogens is 500 g/mol. The molecule has 3 aliphatic rings. The van der Waals surface area contributed by atoms with Gasteiger partial charge in [-0.05, 0) is 37.1 Å². The monoisotopic (exact) mass is 522 g/mol. The molecule has 2 aromatic heterocycles. The van der Waals surface area contributed by atoms with E-state index in [1.807, 2.05) is 0 Å². The predicted molar refractivity (Wildman–Crippen MR) is 127 cm³/mol. The highest BCUT2D eigenvalue weighted by atomic mass is 35.5. The molecule has 1 aromatic carbocycles. The van der Waals surface area contributed by atoms with Gasteiger partial charge in [0, 0.05) is 42.1 Å². The van der Waals surface area contributed by atoms with Crippen molar-refractivity contribution in [2.75, 3.05) is 39.4 Å². The van der Waals surface area contributed by atoms with Crippen LogP contribution in [-0.4, -0.2) is 79.0 Å². The number of benzene rings is 1. The Morgan fingerprint density at radius 1 is 1.15 bits per heavy atom.